The summed E-state index contributed by atoms with van der Waals surface area (Å²) in [5, 5.41) is 2.82. The Morgan fingerprint density at radius 1 is 1.25 bits per heavy atom. The second-order valence-corrected chi connectivity index (χ2v) is 5.70. The lowest BCUT2D eigenvalue weighted by molar-refractivity contribution is 0.0939. The van der Waals surface area contributed by atoms with Gasteiger partial charge in [-0.05, 0) is 42.8 Å². The fourth-order valence-corrected chi connectivity index (χ4v) is 2.13. The smallest absolute Gasteiger partial charge is 0.251 e. The minimum absolute atomic E-state index is 0.00232. The molecule has 1 amide bonds. The summed E-state index contributed by atoms with van der Waals surface area (Å²) in [6, 6.07) is 11.5. The first-order chi connectivity index (χ1) is 9.47. The quantitative estimate of drug-likeness (QED) is 0.846. The van der Waals surface area contributed by atoms with Crippen molar-refractivity contribution in [2.24, 2.45) is 0 Å². The zero-order chi connectivity index (χ0) is 14.7. The summed E-state index contributed by atoms with van der Waals surface area (Å²) in [4.78, 5) is 12.0. The summed E-state index contributed by atoms with van der Waals surface area (Å²) < 4.78 is 14.3. The van der Waals surface area contributed by atoms with Crippen LogP contribution in [0.4, 0.5) is 4.39 Å². The van der Waals surface area contributed by atoms with Crippen molar-refractivity contribution in [1.29, 1.82) is 0 Å². The van der Waals surface area contributed by atoms with E-state index in [1.54, 1.807) is 0 Å². The second-order valence-electron chi connectivity index (χ2n) is 4.38. The van der Waals surface area contributed by atoms with E-state index in [9.17, 15) is 9.18 Å². The lowest BCUT2D eigenvalue weighted by Gasteiger charge is -2.14. The molecule has 0 aliphatic carbocycles. The van der Waals surface area contributed by atoms with Crippen LogP contribution < -0.4 is 5.32 Å². The molecule has 1 unspecified atom stereocenters. The van der Waals surface area contributed by atoms with Crippen molar-refractivity contribution in [3.8, 4) is 0 Å². The van der Waals surface area contributed by atoms with Gasteiger partial charge in [-0.3, -0.25) is 4.79 Å². The Bertz CT molecular complexity index is 630. The molecule has 0 saturated heterocycles. The van der Waals surface area contributed by atoms with Crippen LogP contribution in [0.2, 0.25) is 5.02 Å². The fraction of sp³-hybridized carbons (Fsp3) is 0.133. The average molecular weight is 357 g/mol. The predicted molar refractivity (Wildman–Crippen MR) is 81.4 cm³/mol. The summed E-state index contributed by atoms with van der Waals surface area (Å²) >= 11 is 8.95. The molecule has 104 valence electrons. The number of carbonyl (C=O) groups excluding carboxylic acids is 1. The molecule has 0 fully saturated rings. The van der Waals surface area contributed by atoms with Gasteiger partial charge >= 0.3 is 0 Å². The maximum absolute atomic E-state index is 13.3. The van der Waals surface area contributed by atoms with Crippen molar-refractivity contribution < 1.29 is 9.18 Å². The molecule has 20 heavy (non-hydrogen) atoms. The molecule has 5 heteroatoms. The topological polar surface area (TPSA) is 29.1 Å². The van der Waals surface area contributed by atoms with Gasteiger partial charge < -0.3 is 5.32 Å². The van der Waals surface area contributed by atoms with Crippen LogP contribution in [-0.4, -0.2) is 5.91 Å². The lowest BCUT2D eigenvalue weighted by atomic mass is 10.1. The molecule has 2 rings (SSSR count). The Labute approximate surface area is 130 Å². The predicted octanol–water partition coefficient (Wildman–Crippen LogP) is 4.73. The zero-order valence-corrected chi connectivity index (χ0v) is 13.0. The van der Waals surface area contributed by atoms with E-state index in [0.29, 0.717) is 0 Å². The first-order valence-corrected chi connectivity index (χ1v) is 7.16. The Balaban J connectivity index is 2.10. The Morgan fingerprint density at radius 2 is 1.90 bits per heavy atom. The number of benzene rings is 2. The molecule has 0 radical (unpaired) electrons. The van der Waals surface area contributed by atoms with E-state index in [4.69, 9.17) is 11.6 Å². The lowest BCUT2D eigenvalue weighted by Crippen LogP contribution is -2.26. The molecule has 1 N–H and O–H groups in total. The largest absolute Gasteiger partial charge is 0.346 e. The number of hydrogen-bond donors (Lipinski definition) is 1. The monoisotopic (exact) mass is 355 g/mol. The van der Waals surface area contributed by atoms with Gasteiger partial charge in [0.25, 0.3) is 5.91 Å². The Morgan fingerprint density at radius 3 is 2.50 bits per heavy atom. The van der Waals surface area contributed by atoms with Gasteiger partial charge in [-0.25, -0.2) is 4.39 Å². The normalized spacial score (nSPS) is 12.0. The first kappa shape index (κ1) is 15.0. The van der Waals surface area contributed by atoms with E-state index in [1.165, 1.54) is 12.1 Å². The maximum Gasteiger partial charge on any atom is 0.251 e. The SMILES string of the molecule is CC(NC(=O)c1ccc(Cl)c(F)c1)c1ccc(Br)cc1. The second kappa shape index (κ2) is 6.37. The number of hydrogen-bond acceptors (Lipinski definition) is 1. The first-order valence-electron chi connectivity index (χ1n) is 5.99. The summed E-state index contributed by atoms with van der Waals surface area (Å²) in [7, 11) is 0. The van der Waals surface area contributed by atoms with Gasteiger partial charge in [0.2, 0.25) is 0 Å². The fourth-order valence-electron chi connectivity index (χ4n) is 1.75. The number of nitrogens with one attached hydrogen (secondary N) is 1. The number of halogens is 3. The van der Waals surface area contributed by atoms with E-state index in [2.05, 4.69) is 21.2 Å². The van der Waals surface area contributed by atoms with Gasteiger partial charge in [0, 0.05) is 10.0 Å². The van der Waals surface area contributed by atoms with Crippen LogP contribution in [0.25, 0.3) is 0 Å². The summed E-state index contributed by atoms with van der Waals surface area (Å²) in [5.41, 5.74) is 1.21. The van der Waals surface area contributed by atoms with Crippen molar-refractivity contribution in [2.45, 2.75) is 13.0 Å². The number of rotatable bonds is 3. The molecule has 2 aromatic rings. The van der Waals surface area contributed by atoms with Crippen molar-refractivity contribution in [2.75, 3.05) is 0 Å². The molecule has 0 saturated carbocycles. The van der Waals surface area contributed by atoms with Crippen LogP contribution in [0.15, 0.2) is 46.9 Å². The van der Waals surface area contributed by atoms with E-state index >= 15 is 0 Å². The van der Waals surface area contributed by atoms with E-state index in [1.807, 2.05) is 31.2 Å². The molecule has 1 atom stereocenters. The molecule has 0 bridgehead atoms. The Kier molecular flexibility index (Phi) is 4.78. The molecule has 2 nitrogen and oxygen atoms in total. The van der Waals surface area contributed by atoms with Crippen molar-refractivity contribution >= 4 is 33.4 Å². The maximum atomic E-state index is 13.3. The van der Waals surface area contributed by atoms with Crippen molar-refractivity contribution in [3.63, 3.8) is 0 Å². The molecule has 2 aromatic carbocycles. The molecular formula is C15H12BrClFNO. The molecule has 0 spiro atoms. The molecular weight excluding hydrogens is 345 g/mol. The van der Waals surface area contributed by atoms with Gasteiger partial charge in [-0.2, -0.15) is 0 Å². The average Bonchev–Trinajstić information content (AvgIpc) is 2.42. The third-order valence-electron chi connectivity index (χ3n) is 2.90. The van der Waals surface area contributed by atoms with Crippen LogP contribution in [-0.2, 0) is 0 Å². The molecule has 0 aromatic heterocycles. The van der Waals surface area contributed by atoms with Crippen LogP contribution in [0.1, 0.15) is 28.9 Å². The van der Waals surface area contributed by atoms with Gasteiger partial charge in [0.15, 0.2) is 0 Å². The number of amides is 1. The van der Waals surface area contributed by atoms with Crippen LogP contribution in [0.3, 0.4) is 0 Å². The Hall–Kier alpha value is -1.39. The van der Waals surface area contributed by atoms with Crippen LogP contribution >= 0.6 is 27.5 Å². The summed E-state index contributed by atoms with van der Waals surface area (Å²) in [6.07, 6.45) is 0. The standard InChI is InChI=1S/C15H12BrClFNO/c1-9(10-2-5-12(16)6-3-10)19-15(20)11-4-7-13(17)14(18)8-11/h2-9H,1H3,(H,19,20). The highest BCUT2D eigenvalue weighted by Gasteiger charge is 2.13. The van der Waals surface area contributed by atoms with E-state index < -0.39 is 5.82 Å². The molecule has 0 heterocycles. The highest BCUT2D eigenvalue weighted by molar-refractivity contribution is 9.10. The third-order valence-corrected chi connectivity index (χ3v) is 3.73. The van der Waals surface area contributed by atoms with Gasteiger partial charge in [0.05, 0.1) is 11.1 Å². The van der Waals surface area contributed by atoms with Crippen LogP contribution in [0.5, 0.6) is 0 Å². The third kappa shape index (κ3) is 3.58. The van der Waals surface area contributed by atoms with Crippen molar-refractivity contribution in [1.82, 2.24) is 5.32 Å². The highest BCUT2D eigenvalue weighted by atomic mass is 79.9. The van der Waals surface area contributed by atoms with Gasteiger partial charge in [-0.15, -0.1) is 0 Å². The summed E-state index contributed by atoms with van der Waals surface area (Å²) in [5.74, 6) is -0.938. The number of carbonyl (C=O) groups is 1. The van der Waals surface area contributed by atoms with E-state index in [-0.39, 0.29) is 22.5 Å². The van der Waals surface area contributed by atoms with Gasteiger partial charge in [0.1, 0.15) is 5.82 Å². The molecule has 0 aliphatic rings. The summed E-state index contributed by atoms with van der Waals surface area (Å²) in [6.45, 7) is 1.87. The molecule has 0 aliphatic heterocycles. The minimum Gasteiger partial charge on any atom is -0.346 e. The van der Waals surface area contributed by atoms with Crippen LogP contribution in [0, 0.1) is 5.82 Å². The minimum atomic E-state index is -0.601. The van der Waals surface area contributed by atoms with Gasteiger partial charge in [-0.1, -0.05) is 39.7 Å². The highest BCUT2D eigenvalue weighted by Crippen LogP contribution is 2.19. The zero-order valence-electron chi connectivity index (χ0n) is 10.7. The van der Waals surface area contributed by atoms with E-state index in [0.717, 1.165) is 16.1 Å². The van der Waals surface area contributed by atoms with Crippen molar-refractivity contribution in [3.05, 3.63) is 68.9 Å².